The summed E-state index contributed by atoms with van der Waals surface area (Å²) in [6.45, 7) is 11.5. The molecule has 0 rings (SSSR count). The average molecular weight is 184 g/mol. The fourth-order valence-corrected chi connectivity index (χ4v) is 1.10. The zero-order valence-corrected chi connectivity index (χ0v) is 9.09. The highest BCUT2D eigenvalue weighted by molar-refractivity contribution is 5.87. The second-order valence-electron chi connectivity index (χ2n) is 3.52. The van der Waals surface area contributed by atoms with Crippen LogP contribution >= 0.6 is 0 Å². The van der Waals surface area contributed by atoms with Crippen LogP contribution in [0.4, 0.5) is 0 Å². The Morgan fingerprint density at radius 3 is 2.23 bits per heavy atom. The van der Waals surface area contributed by atoms with Gasteiger partial charge in [-0.25, -0.2) is 4.79 Å². The van der Waals surface area contributed by atoms with Crippen LogP contribution in [-0.2, 0) is 9.53 Å². The summed E-state index contributed by atoms with van der Waals surface area (Å²) in [6, 6.07) is 0. The number of carbonyl (C=O) groups is 1. The van der Waals surface area contributed by atoms with Gasteiger partial charge in [0.25, 0.3) is 0 Å². The van der Waals surface area contributed by atoms with Gasteiger partial charge in [0.15, 0.2) is 0 Å². The van der Waals surface area contributed by atoms with Crippen molar-refractivity contribution in [3.8, 4) is 0 Å². The quantitative estimate of drug-likeness (QED) is 0.485. The molecule has 0 amide bonds. The summed E-state index contributed by atoms with van der Waals surface area (Å²) in [5, 5.41) is 0. The molecule has 0 aromatic carbocycles. The summed E-state index contributed by atoms with van der Waals surface area (Å²) in [7, 11) is 0. The van der Waals surface area contributed by atoms with E-state index in [-0.39, 0.29) is 12.1 Å². The maximum Gasteiger partial charge on any atom is 0.333 e. The van der Waals surface area contributed by atoms with E-state index in [1.165, 1.54) is 0 Å². The van der Waals surface area contributed by atoms with Crippen LogP contribution in [0.3, 0.4) is 0 Å². The highest BCUT2D eigenvalue weighted by atomic mass is 16.5. The molecule has 2 nitrogen and oxygen atoms in total. The molecule has 0 bridgehead atoms. The number of ether oxygens (including phenoxy) is 1. The molecule has 0 aliphatic heterocycles. The first-order valence-corrected chi connectivity index (χ1v) is 4.89. The smallest absolute Gasteiger partial charge is 0.333 e. The molecule has 0 spiro atoms. The summed E-state index contributed by atoms with van der Waals surface area (Å²) in [5.41, 5.74) is 0.474. The van der Waals surface area contributed by atoms with Crippen LogP contribution in [0.1, 0.15) is 40.5 Å². The maximum absolute atomic E-state index is 11.2. The van der Waals surface area contributed by atoms with E-state index in [2.05, 4.69) is 20.4 Å². The van der Waals surface area contributed by atoms with Crippen LogP contribution in [0.2, 0.25) is 0 Å². The van der Waals surface area contributed by atoms with Crippen molar-refractivity contribution in [3.63, 3.8) is 0 Å². The van der Waals surface area contributed by atoms with Crippen molar-refractivity contribution in [2.75, 3.05) is 0 Å². The molecule has 0 aliphatic rings. The Labute approximate surface area is 81.0 Å². The number of hydrogen-bond donors (Lipinski definition) is 0. The Bertz CT molecular complexity index is 185. The Hall–Kier alpha value is -0.790. The van der Waals surface area contributed by atoms with Crippen LogP contribution in [0.25, 0.3) is 0 Å². The lowest BCUT2D eigenvalue weighted by Gasteiger charge is -2.21. The Balaban J connectivity index is 4.12. The maximum atomic E-state index is 11.2. The summed E-state index contributed by atoms with van der Waals surface area (Å²) in [4.78, 5) is 11.2. The molecule has 0 aliphatic carbocycles. The molecule has 0 N–H and O–H groups in total. The van der Waals surface area contributed by atoms with Crippen LogP contribution < -0.4 is 0 Å². The minimum atomic E-state index is -0.271. The van der Waals surface area contributed by atoms with Gasteiger partial charge in [-0.3, -0.25) is 0 Å². The lowest BCUT2D eigenvalue weighted by atomic mass is 10.00. The number of rotatable bonds is 5. The van der Waals surface area contributed by atoms with E-state index in [1.807, 2.05) is 6.92 Å². The van der Waals surface area contributed by atoms with Gasteiger partial charge in [-0.1, -0.05) is 33.8 Å². The van der Waals surface area contributed by atoms with Gasteiger partial charge < -0.3 is 4.74 Å². The van der Waals surface area contributed by atoms with Crippen LogP contribution in [0, 0.1) is 5.92 Å². The summed E-state index contributed by atoms with van der Waals surface area (Å²) < 4.78 is 5.28. The number of esters is 1. The molecular formula is C11H20O2. The predicted molar refractivity (Wildman–Crippen MR) is 54.4 cm³/mol. The van der Waals surface area contributed by atoms with E-state index < -0.39 is 0 Å². The molecule has 13 heavy (non-hydrogen) atoms. The van der Waals surface area contributed by atoms with Crippen molar-refractivity contribution < 1.29 is 9.53 Å². The molecule has 0 aromatic rings. The molecule has 0 fully saturated rings. The monoisotopic (exact) mass is 184 g/mol. The van der Waals surface area contributed by atoms with Gasteiger partial charge in [-0.2, -0.15) is 0 Å². The van der Waals surface area contributed by atoms with E-state index >= 15 is 0 Å². The van der Waals surface area contributed by atoms with E-state index in [0.717, 1.165) is 12.8 Å². The second kappa shape index (κ2) is 5.79. The third kappa shape index (κ3) is 4.11. The standard InChI is InChI=1S/C11H20O2/c1-6-9(5)10(7-2)13-11(12)8(3)4/h9-10H,3,6-7H2,1-2,4-5H3. The first-order valence-electron chi connectivity index (χ1n) is 4.89. The largest absolute Gasteiger partial charge is 0.459 e. The topological polar surface area (TPSA) is 26.3 Å². The van der Waals surface area contributed by atoms with Crippen molar-refractivity contribution in [2.24, 2.45) is 5.92 Å². The first-order chi connectivity index (χ1) is 6.02. The van der Waals surface area contributed by atoms with Crippen molar-refractivity contribution in [1.82, 2.24) is 0 Å². The third-order valence-corrected chi connectivity index (χ3v) is 2.29. The number of carbonyl (C=O) groups excluding carboxylic acids is 1. The van der Waals surface area contributed by atoms with Gasteiger partial charge in [0.05, 0.1) is 0 Å². The van der Waals surface area contributed by atoms with E-state index in [0.29, 0.717) is 11.5 Å². The van der Waals surface area contributed by atoms with Gasteiger partial charge in [0, 0.05) is 5.57 Å². The lowest BCUT2D eigenvalue weighted by Crippen LogP contribution is -2.24. The van der Waals surface area contributed by atoms with Gasteiger partial charge >= 0.3 is 5.97 Å². The van der Waals surface area contributed by atoms with E-state index in [1.54, 1.807) is 6.92 Å². The molecule has 76 valence electrons. The normalized spacial score (nSPS) is 14.8. The molecule has 0 saturated heterocycles. The minimum Gasteiger partial charge on any atom is -0.459 e. The van der Waals surface area contributed by atoms with Crippen LogP contribution in [-0.4, -0.2) is 12.1 Å². The zero-order chi connectivity index (χ0) is 10.4. The molecule has 2 unspecified atom stereocenters. The molecule has 0 heterocycles. The van der Waals surface area contributed by atoms with Crippen molar-refractivity contribution >= 4 is 5.97 Å². The van der Waals surface area contributed by atoms with Crippen molar-refractivity contribution in [2.45, 2.75) is 46.6 Å². The summed E-state index contributed by atoms with van der Waals surface area (Å²) in [5.74, 6) is 0.153. The molecule has 2 atom stereocenters. The van der Waals surface area contributed by atoms with Gasteiger partial charge in [-0.05, 0) is 19.3 Å². The van der Waals surface area contributed by atoms with Crippen molar-refractivity contribution in [1.29, 1.82) is 0 Å². The van der Waals surface area contributed by atoms with Crippen LogP contribution in [0.5, 0.6) is 0 Å². The highest BCUT2D eigenvalue weighted by Gasteiger charge is 2.18. The summed E-state index contributed by atoms with van der Waals surface area (Å²) >= 11 is 0. The first kappa shape index (κ1) is 12.2. The third-order valence-electron chi connectivity index (χ3n) is 2.29. The summed E-state index contributed by atoms with van der Waals surface area (Å²) in [6.07, 6.45) is 1.94. The molecule has 2 heteroatoms. The fourth-order valence-electron chi connectivity index (χ4n) is 1.10. The molecule has 0 aromatic heterocycles. The van der Waals surface area contributed by atoms with Crippen molar-refractivity contribution in [3.05, 3.63) is 12.2 Å². The second-order valence-corrected chi connectivity index (χ2v) is 3.52. The molecule has 0 saturated carbocycles. The Kier molecular flexibility index (Phi) is 5.44. The SMILES string of the molecule is C=C(C)C(=O)OC(CC)C(C)CC. The average Bonchev–Trinajstić information content (AvgIpc) is 2.12. The predicted octanol–water partition coefficient (Wildman–Crippen LogP) is 2.93. The zero-order valence-electron chi connectivity index (χ0n) is 9.09. The van der Waals surface area contributed by atoms with Gasteiger partial charge in [-0.15, -0.1) is 0 Å². The van der Waals surface area contributed by atoms with Gasteiger partial charge in [0.2, 0.25) is 0 Å². The Morgan fingerprint density at radius 2 is 1.92 bits per heavy atom. The molecular weight excluding hydrogens is 164 g/mol. The lowest BCUT2D eigenvalue weighted by molar-refractivity contribution is -0.146. The van der Waals surface area contributed by atoms with E-state index in [9.17, 15) is 4.79 Å². The highest BCUT2D eigenvalue weighted by Crippen LogP contribution is 2.15. The van der Waals surface area contributed by atoms with E-state index in [4.69, 9.17) is 4.74 Å². The minimum absolute atomic E-state index is 0.0363. The Morgan fingerprint density at radius 1 is 1.38 bits per heavy atom. The molecule has 0 radical (unpaired) electrons. The number of hydrogen-bond acceptors (Lipinski definition) is 2. The fraction of sp³-hybridized carbons (Fsp3) is 0.727. The van der Waals surface area contributed by atoms with Crippen LogP contribution in [0.15, 0.2) is 12.2 Å². The van der Waals surface area contributed by atoms with Gasteiger partial charge in [0.1, 0.15) is 6.10 Å².